The molecule has 102 valence electrons. The van der Waals surface area contributed by atoms with Crippen molar-refractivity contribution in [2.45, 2.75) is 31.0 Å². The minimum atomic E-state index is -2.63. The molecule has 1 aliphatic carbocycles. The summed E-state index contributed by atoms with van der Waals surface area (Å²) in [4.78, 5) is 13.2. The van der Waals surface area contributed by atoms with Gasteiger partial charge in [0.2, 0.25) is 5.91 Å². The monoisotopic (exact) mass is 270 g/mol. The summed E-state index contributed by atoms with van der Waals surface area (Å²) in [5.74, 6) is -0.842. The van der Waals surface area contributed by atoms with Crippen molar-refractivity contribution in [3.05, 3.63) is 35.6 Å². The average Bonchev–Trinajstić information content (AvgIpc) is 3.09. The lowest BCUT2D eigenvalue weighted by Crippen LogP contribution is -2.35. The van der Waals surface area contributed by atoms with Gasteiger partial charge in [0.25, 0.3) is 6.43 Å². The van der Waals surface area contributed by atoms with Gasteiger partial charge in [0.1, 0.15) is 17.5 Å². The van der Waals surface area contributed by atoms with Crippen LogP contribution in [-0.4, -0.2) is 29.3 Å². The van der Waals surface area contributed by atoms with Crippen LogP contribution in [0.5, 0.6) is 0 Å². The van der Waals surface area contributed by atoms with E-state index in [0.29, 0.717) is 12.8 Å². The lowest BCUT2D eigenvalue weighted by atomic mass is 10.1. The van der Waals surface area contributed by atoms with Gasteiger partial charge in [-0.15, -0.1) is 0 Å². The number of nitrogens with zero attached hydrogens (tertiary/aromatic N) is 1. The second-order valence-electron chi connectivity index (χ2n) is 5.00. The summed E-state index contributed by atoms with van der Waals surface area (Å²) in [6, 6.07) is 5.93. The van der Waals surface area contributed by atoms with E-state index in [1.54, 1.807) is 6.07 Å². The number of halogens is 3. The van der Waals surface area contributed by atoms with E-state index in [-0.39, 0.29) is 11.5 Å². The highest BCUT2D eigenvalue weighted by Gasteiger charge is 2.59. The van der Waals surface area contributed by atoms with E-state index in [1.165, 1.54) is 18.2 Å². The van der Waals surface area contributed by atoms with Crippen molar-refractivity contribution in [2.75, 3.05) is 6.54 Å². The fraction of sp³-hybridized carbons (Fsp3) is 0.462. The predicted octanol–water partition coefficient (Wildman–Crippen LogP) is 2.05. The minimum absolute atomic E-state index is 0.236. The first-order valence-electron chi connectivity index (χ1n) is 6.15. The van der Waals surface area contributed by atoms with Gasteiger partial charge in [-0.1, -0.05) is 18.2 Å². The van der Waals surface area contributed by atoms with E-state index < -0.39 is 30.5 Å². The third kappa shape index (κ3) is 2.00. The van der Waals surface area contributed by atoms with Gasteiger partial charge in [0, 0.05) is 5.56 Å². The van der Waals surface area contributed by atoms with Gasteiger partial charge in [-0.2, -0.15) is 0 Å². The number of hydrogen-bond acceptors (Lipinski definition) is 2. The Hall–Kier alpha value is -1.56. The topological polar surface area (TPSA) is 32.3 Å². The van der Waals surface area contributed by atoms with Crippen molar-refractivity contribution in [1.82, 2.24) is 10.2 Å². The molecule has 1 amide bonds. The number of carbonyl (C=O) groups excluding carboxylic acids is 1. The van der Waals surface area contributed by atoms with Crippen LogP contribution in [0.15, 0.2) is 24.3 Å². The second kappa shape index (κ2) is 4.23. The number of hydrogen-bond donors (Lipinski definition) is 1. The average molecular weight is 270 g/mol. The zero-order valence-corrected chi connectivity index (χ0v) is 10.1. The van der Waals surface area contributed by atoms with Gasteiger partial charge in [-0.25, -0.2) is 13.2 Å². The molecule has 1 N–H and O–H groups in total. The smallest absolute Gasteiger partial charge is 0.255 e. The summed E-state index contributed by atoms with van der Waals surface area (Å²) in [5, 5.41) is 3.01. The lowest BCUT2D eigenvalue weighted by molar-refractivity contribution is -0.132. The van der Waals surface area contributed by atoms with Gasteiger partial charge < -0.3 is 4.90 Å². The number of rotatable bonds is 3. The highest BCUT2D eigenvalue weighted by molar-refractivity contribution is 5.92. The molecular weight excluding hydrogens is 257 g/mol. The molecule has 19 heavy (non-hydrogen) atoms. The molecule has 3 rings (SSSR count). The van der Waals surface area contributed by atoms with Crippen molar-refractivity contribution in [1.29, 1.82) is 0 Å². The van der Waals surface area contributed by atoms with Gasteiger partial charge >= 0.3 is 0 Å². The molecule has 1 heterocycles. The van der Waals surface area contributed by atoms with Crippen molar-refractivity contribution in [3.63, 3.8) is 0 Å². The molecule has 2 aliphatic rings. The Kier molecular flexibility index (Phi) is 2.78. The summed E-state index contributed by atoms with van der Waals surface area (Å²) in [7, 11) is 0. The van der Waals surface area contributed by atoms with E-state index in [1.807, 2.05) is 0 Å². The van der Waals surface area contributed by atoms with Crippen LogP contribution >= 0.6 is 0 Å². The molecule has 0 radical (unpaired) electrons. The lowest BCUT2D eigenvalue weighted by Gasteiger charge is -2.24. The molecule has 1 aromatic rings. The zero-order chi connectivity index (χ0) is 13.6. The molecule has 1 saturated heterocycles. The number of carbonyl (C=O) groups is 1. The zero-order valence-electron chi connectivity index (χ0n) is 10.1. The Morgan fingerprint density at radius 3 is 2.63 bits per heavy atom. The van der Waals surface area contributed by atoms with Gasteiger partial charge in [0.05, 0.1) is 6.54 Å². The van der Waals surface area contributed by atoms with Crippen molar-refractivity contribution in [3.8, 4) is 0 Å². The van der Waals surface area contributed by atoms with E-state index in [4.69, 9.17) is 0 Å². The molecule has 1 unspecified atom stereocenters. The van der Waals surface area contributed by atoms with E-state index >= 15 is 0 Å². The third-order valence-corrected chi connectivity index (χ3v) is 3.68. The van der Waals surface area contributed by atoms with Gasteiger partial charge in [0.15, 0.2) is 0 Å². The first-order chi connectivity index (χ1) is 9.03. The normalized spacial score (nSPS) is 24.5. The van der Waals surface area contributed by atoms with Gasteiger partial charge in [-0.05, 0) is 18.9 Å². The molecule has 0 aromatic heterocycles. The van der Waals surface area contributed by atoms with Crippen LogP contribution in [0.25, 0.3) is 0 Å². The standard InChI is InChI=1S/C13H13F3N2O/c14-9-4-2-1-3-8(9)11-17-13(5-6-13)12(19)18(11)7-10(15)16/h1-4,10-11,17H,5-7H2. The van der Waals surface area contributed by atoms with Crippen LogP contribution in [0.2, 0.25) is 0 Å². The van der Waals surface area contributed by atoms with Crippen molar-refractivity contribution < 1.29 is 18.0 Å². The van der Waals surface area contributed by atoms with Crippen LogP contribution in [-0.2, 0) is 4.79 Å². The van der Waals surface area contributed by atoms with E-state index in [0.717, 1.165) is 4.90 Å². The summed E-state index contributed by atoms with van der Waals surface area (Å²) in [5.41, 5.74) is -0.498. The fourth-order valence-electron chi connectivity index (χ4n) is 2.56. The van der Waals surface area contributed by atoms with Crippen LogP contribution in [0.1, 0.15) is 24.6 Å². The number of nitrogens with one attached hydrogen (secondary N) is 1. The highest BCUT2D eigenvalue weighted by Crippen LogP contribution is 2.46. The molecule has 1 aromatic carbocycles. The van der Waals surface area contributed by atoms with Crippen LogP contribution < -0.4 is 5.32 Å². The maximum absolute atomic E-state index is 13.8. The quantitative estimate of drug-likeness (QED) is 0.911. The van der Waals surface area contributed by atoms with Crippen LogP contribution in [0.4, 0.5) is 13.2 Å². The Labute approximate surface area is 108 Å². The molecule has 6 heteroatoms. The SMILES string of the molecule is O=C1N(CC(F)F)C(c2ccccc2F)NC12CC2. The van der Waals surface area contributed by atoms with E-state index in [2.05, 4.69) is 5.32 Å². The summed E-state index contributed by atoms with van der Waals surface area (Å²) >= 11 is 0. The second-order valence-corrected chi connectivity index (χ2v) is 5.00. The van der Waals surface area contributed by atoms with Crippen LogP contribution in [0, 0.1) is 5.82 Å². The number of amides is 1. The first kappa shape index (κ1) is 12.5. The molecule has 1 spiro atoms. The summed E-state index contributed by atoms with van der Waals surface area (Å²) in [6.45, 7) is -0.674. The summed E-state index contributed by atoms with van der Waals surface area (Å²) < 4.78 is 39.0. The Bertz CT molecular complexity index is 516. The first-order valence-corrected chi connectivity index (χ1v) is 6.15. The Balaban J connectivity index is 1.94. The molecule has 3 nitrogen and oxygen atoms in total. The van der Waals surface area contributed by atoms with Crippen LogP contribution in [0.3, 0.4) is 0 Å². The van der Waals surface area contributed by atoms with Crippen molar-refractivity contribution in [2.24, 2.45) is 0 Å². The number of alkyl halides is 2. The van der Waals surface area contributed by atoms with Crippen molar-refractivity contribution >= 4 is 5.91 Å². The third-order valence-electron chi connectivity index (χ3n) is 3.68. The largest absolute Gasteiger partial charge is 0.315 e. The molecule has 0 bridgehead atoms. The van der Waals surface area contributed by atoms with E-state index in [9.17, 15) is 18.0 Å². The fourth-order valence-corrected chi connectivity index (χ4v) is 2.56. The molecule has 1 aliphatic heterocycles. The predicted molar refractivity (Wildman–Crippen MR) is 62.0 cm³/mol. The molecule has 1 saturated carbocycles. The number of benzene rings is 1. The van der Waals surface area contributed by atoms with Gasteiger partial charge in [-0.3, -0.25) is 10.1 Å². The molecular formula is C13H13F3N2O. The molecule has 2 fully saturated rings. The maximum Gasteiger partial charge on any atom is 0.255 e. The minimum Gasteiger partial charge on any atom is -0.315 e. The maximum atomic E-state index is 13.8. The Morgan fingerprint density at radius 2 is 2.05 bits per heavy atom. The Morgan fingerprint density at radius 1 is 1.37 bits per heavy atom. The highest BCUT2D eigenvalue weighted by atomic mass is 19.3. The molecule has 1 atom stereocenters. The summed E-state index contributed by atoms with van der Waals surface area (Å²) in [6.07, 6.45) is -2.19.